The van der Waals surface area contributed by atoms with E-state index in [2.05, 4.69) is 81.5 Å². The van der Waals surface area contributed by atoms with Crippen molar-refractivity contribution in [2.24, 2.45) is 0 Å². The van der Waals surface area contributed by atoms with Crippen LogP contribution >= 0.6 is 0 Å². The molecule has 0 radical (unpaired) electrons. The average Bonchev–Trinajstić information content (AvgIpc) is 3.19. The van der Waals surface area contributed by atoms with Crippen molar-refractivity contribution >= 4 is 38.6 Å². The topological polar surface area (TPSA) is 39.3 Å². The van der Waals surface area contributed by atoms with Crippen LogP contribution in [-0.4, -0.2) is 26.2 Å². The summed E-state index contributed by atoms with van der Waals surface area (Å²) in [5.41, 5.74) is 6.09. The molecule has 0 aliphatic carbocycles. The van der Waals surface area contributed by atoms with Gasteiger partial charge in [0.15, 0.2) is 0 Å². The van der Waals surface area contributed by atoms with Crippen molar-refractivity contribution < 1.29 is 4.39 Å². The predicted octanol–water partition coefficient (Wildman–Crippen LogP) is 10.8. The van der Waals surface area contributed by atoms with E-state index in [0.717, 1.165) is 23.2 Å². The molecule has 0 amide bonds. The molecule has 49 heavy (non-hydrogen) atoms. The molecule has 2 fully saturated rings. The lowest BCUT2D eigenvalue weighted by atomic mass is 10.0. The van der Waals surface area contributed by atoms with Crippen LogP contribution in [0.5, 0.6) is 0 Å². The molecule has 2 aliphatic rings. The highest BCUT2D eigenvalue weighted by Gasteiger charge is 2.15. The third-order valence-corrected chi connectivity index (χ3v) is 9.37. The van der Waals surface area contributed by atoms with Crippen LogP contribution in [0, 0.1) is 5.82 Å². The van der Waals surface area contributed by atoms with Gasteiger partial charge >= 0.3 is 0 Å². The zero-order valence-corrected chi connectivity index (χ0v) is 28.5. The zero-order chi connectivity index (χ0) is 33.5. The Hall–Kier alpha value is -4.87. The van der Waals surface area contributed by atoms with E-state index in [0.29, 0.717) is 11.9 Å². The summed E-state index contributed by atoms with van der Waals surface area (Å²) in [6.07, 6.45) is 8.21. The van der Waals surface area contributed by atoms with Gasteiger partial charge in [0.2, 0.25) is 0 Å². The van der Waals surface area contributed by atoms with Gasteiger partial charge in [0.1, 0.15) is 5.82 Å². The molecule has 5 heteroatoms. The number of benzene rings is 6. The van der Waals surface area contributed by atoms with Crippen molar-refractivity contribution in [1.82, 2.24) is 5.32 Å². The number of rotatable bonds is 7. The minimum Gasteiger partial charge on any atom is -0.381 e. The Kier molecular flexibility index (Phi) is 12.5. The van der Waals surface area contributed by atoms with Crippen LogP contribution in [0.3, 0.4) is 0 Å². The Morgan fingerprint density at radius 3 is 1.47 bits per heavy atom. The summed E-state index contributed by atoms with van der Waals surface area (Å²) in [5.74, 6) is -0.168. The lowest BCUT2D eigenvalue weighted by Gasteiger charge is -2.30. The molecule has 0 aromatic heterocycles. The molecule has 4 nitrogen and oxygen atoms in total. The molecule has 2 aliphatic heterocycles. The average molecular weight is 653 g/mol. The number of halogens is 1. The van der Waals surface area contributed by atoms with Gasteiger partial charge in [-0.05, 0) is 103 Å². The van der Waals surface area contributed by atoms with Crippen molar-refractivity contribution in [3.63, 3.8) is 0 Å². The van der Waals surface area contributed by atoms with Gasteiger partial charge in [-0.15, -0.1) is 0 Å². The number of anilines is 3. The zero-order valence-electron chi connectivity index (χ0n) is 28.5. The molecule has 0 saturated carbocycles. The molecular weight excluding hydrogens is 604 g/mol. The van der Waals surface area contributed by atoms with Gasteiger partial charge in [0.25, 0.3) is 0 Å². The van der Waals surface area contributed by atoms with E-state index < -0.39 is 0 Å². The fourth-order valence-electron chi connectivity index (χ4n) is 6.70. The number of hydrogen-bond acceptors (Lipinski definition) is 4. The van der Waals surface area contributed by atoms with Crippen LogP contribution < -0.4 is 20.9 Å². The quantitative estimate of drug-likeness (QED) is 0.160. The van der Waals surface area contributed by atoms with Gasteiger partial charge in [-0.25, -0.2) is 4.39 Å². The number of para-hydroxylation sites is 2. The molecular formula is C44H49FN4. The number of fused-ring (bicyclic) bond motifs is 2. The smallest absolute Gasteiger partial charge is 0.131 e. The highest BCUT2D eigenvalue weighted by molar-refractivity contribution is 5.96. The molecule has 6 aromatic rings. The summed E-state index contributed by atoms with van der Waals surface area (Å²) in [4.78, 5) is 2.56. The number of nitrogens with zero attached hydrogens (tertiary/aromatic N) is 1. The first-order valence-corrected chi connectivity index (χ1v) is 18.0. The minimum atomic E-state index is -0.168. The summed E-state index contributed by atoms with van der Waals surface area (Å²) in [6, 6.07) is 44.8. The summed E-state index contributed by atoms with van der Waals surface area (Å²) in [5, 5.41) is 14.6. The SMILES string of the molecule is C1CCNCC1.Fc1ccc(CNc2ccccc2)c2ccccc12.c1ccc(NCc2ccc(N3CCCCC3)c3ccccc23)cc1. The maximum absolute atomic E-state index is 13.7. The first-order valence-electron chi connectivity index (χ1n) is 18.0. The normalized spacial score (nSPS) is 14.3. The minimum absolute atomic E-state index is 0.168. The van der Waals surface area contributed by atoms with E-state index in [1.807, 2.05) is 66.7 Å². The van der Waals surface area contributed by atoms with Crippen molar-refractivity contribution in [2.75, 3.05) is 41.7 Å². The van der Waals surface area contributed by atoms with E-state index in [4.69, 9.17) is 0 Å². The number of piperidine rings is 2. The second-order valence-corrected chi connectivity index (χ2v) is 12.8. The molecule has 0 unspecified atom stereocenters. The molecule has 252 valence electrons. The Bertz CT molecular complexity index is 1850. The Labute approximate surface area is 291 Å². The molecule has 0 bridgehead atoms. The monoisotopic (exact) mass is 652 g/mol. The third-order valence-electron chi connectivity index (χ3n) is 9.37. The predicted molar refractivity (Wildman–Crippen MR) is 208 cm³/mol. The third kappa shape index (κ3) is 9.61. The number of nitrogens with one attached hydrogen (secondary N) is 3. The first kappa shape index (κ1) is 34.0. The van der Waals surface area contributed by atoms with E-state index in [1.165, 1.54) is 98.5 Å². The van der Waals surface area contributed by atoms with Crippen molar-refractivity contribution in [3.8, 4) is 0 Å². The maximum Gasteiger partial charge on any atom is 0.131 e. The standard InChI is InChI=1S/C22H24N2.C17H14FN.C5H11N/c1-3-9-19(10-4-1)23-17-18-13-14-22(24-15-7-2-8-16-24)21-12-6-5-11-20(18)21;18-17-11-10-13(15-8-4-5-9-16(15)17)12-19-14-6-2-1-3-7-14;1-2-4-6-5-3-1/h1,3-6,9-14,23H,2,7-8,15-17H2;1-11,19H,12H2;6H,1-5H2. The molecule has 3 N–H and O–H groups in total. The summed E-state index contributed by atoms with van der Waals surface area (Å²) >= 11 is 0. The lowest BCUT2D eigenvalue weighted by molar-refractivity contribution is 0.520. The van der Waals surface area contributed by atoms with Crippen LogP contribution in [0.2, 0.25) is 0 Å². The Morgan fingerprint density at radius 2 is 0.939 bits per heavy atom. The molecule has 6 aromatic carbocycles. The highest BCUT2D eigenvalue weighted by atomic mass is 19.1. The summed E-state index contributed by atoms with van der Waals surface area (Å²) < 4.78 is 13.7. The van der Waals surface area contributed by atoms with E-state index >= 15 is 0 Å². The molecule has 0 atom stereocenters. The fraction of sp³-hybridized carbons (Fsp3) is 0.273. The van der Waals surface area contributed by atoms with E-state index in [1.54, 1.807) is 0 Å². The highest BCUT2D eigenvalue weighted by Crippen LogP contribution is 2.32. The van der Waals surface area contributed by atoms with Gasteiger partial charge < -0.3 is 20.9 Å². The van der Waals surface area contributed by atoms with Crippen LogP contribution in [0.4, 0.5) is 21.5 Å². The van der Waals surface area contributed by atoms with Crippen LogP contribution in [-0.2, 0) is 13.1 Å². The molecule has 2 saturated heterocycles. The Balaban J connectivity index is 0.000000148. The van der Waals surface area contributed by atoms with Crippen molar-refractivity contribution in [2.45, 2.75) is 51.6 Å². The van der Waals surface area contributed by atoms with Crippen LogP contribution in [0.1, 0.15) is 49.7 Å². The van der Waals surface area contributed by atoms with Crippen molar-refractivity contribution in [3.05, 3.63) is 150 Å². The van der Waals surface area contributed by atoms with Gasteiger partial charge in [-0.1, -0.05) is 103 Å². The van der Waals surface area contributed by atoms with Gasteiger partial charge in [-0.3, -0.25) is 0 Å². The van der Waals surface area contributed by atoms with Gasteiger partial charge in [0.05, 0.1) is 0 Å². The lowest BCUT2D eigenvalue weighted by Crippen LogP contribution is -2.29. The molecule has 0 spiro atoms. The second kappa shape index (κ2) is 18.0. The van der Waals surface area contributed by atoms with Crippen LogP contribution in [0.15, 0.2) is 133 Å². The summed E-state index contributed by atoms with van der Waals surface area (Å²) in [6.45, 7) is 6.41. The summed E-state index contributed by atoms with van der Waals surface area (Å²) in [7, 11) is 0. The van der Waals surface area contributed by atoms with Gasteiger partial charge in [0, 0.05) is 54.0 Å². The van der Waals surface area contributed by atoms with Gasteiger partial charge in [-0.2, -0.15) is 0 Å². The van der Waals surface area contributed by atoms with Crippen molar-refractivity contribution in [1.29, 1.82) is 0 Å². The van der Waals surface area contributed by atoms with E-state index in [-0.39, 0.29) is 5.82 Å². The first-order chi connectivity index (χ1) is 24.3. The molecule has 2 heterocycles. The largest absolute Gasteiger partial charge is 0.381 e. The maximum atomic E-state index is 13.7. The molecule has 8 rings (SSSR count). The van der Waals surface area contributed by atoms with E-state index in [9.17, 15) is 4.39 Å². The Morgan fingerprint density at radius 1 is 0.469 bits per heavy atom. The fourth-order valence-corrected chi connectivity index (χ4v) is 6.70. The number of hydrogen-bond donors (Lipinski definition) is 3. The second-order valence-electron chi connectivity index (χ2n) is 12.8. The van der Waals surface area contributed by atoms with Crippen LogP contribution in [0.25, 0.3) is 21.5 Å².